The standard InChI is InChI=1S/C15H21FO2/c1-15(2,3)9-8-12(14(17)18)10-11-4-6-13(16)7-5-11/h4-7,12H,8-10H2,1-3H3,(H,17,18). The fourth-order valence-corrected chi connectivity index (χ4v) is 1.83. The molecule has 0 saturated carbocycles. The topological polar surface area (TPSA) is 37.3 Å². The molecule has 0 saturated heterocycles. The summed E-state index contributed by atoms with van der Waals surface area (Å²) in [5.41, 5.74) is 1.01. The number of carboxylic acid groups (broad SMARTS) is 1. The number of hydrogen-bond acceptors (Lipinski definition) is 1. The monoisotopic (exact) mass is 252 g/mol. The second-order valence-electron chi connectivity index (χ2n) is 5.97. The van der Waals surface area contributed by atoms with Crippen molar-refractivity contribution in [1.82, 2.24) is 0 Å². The molecular weight excluding hydrogens is 231 g/mol. The van der Waals surface area contributed by atoms with Gasteiger partial charge in [-0.1, -0.05) is 32.9 Å². The summed E-state index contributed by atoms with van der Waals surface area (Å²) in [6.07, 6.45) is 1.98. The van der Waals surface area contributed by atoms with Crippen LogP contribution in [0.4, 0.5) is 4.39 Å². The normalized spacial score (nSPS) is 13.3. The number of rotatable bonds is 5. The van der Waals surface area contributed by atoms with Gasteiger partial charge in [-0.3, -0.25) is 4.79 Å². The lowest BCUT2D eigenvalue weighted by atomic mass is 9.85. The number of carbonyl (C=O) groups is 1. The Kier molecular flexibility index (Phi) is 4.88. The minimum absolute atomic E-state index is 0.135. The highest BCUT2D eigenvalue weighted by molar-refractivity contribution is 5.70. The van der Waals surface area contributed by atoms with E-state index in [2.05, 4.69) is 20.8 Å². The van der Waals surface area contributed by atoms with E-state index in [4.69, 9.17) is 0 Å². The minimum atomic E-state index is -0.774. The van der Waals surface area contributed by atoms with Crippen LogP contribution in [0.5, 0.6) is 0 Å². The Hall–Kier alpha value is -1.38. The van der Waals surface area contributed by atoms with Gasteiger partial charge >= 0.3 is 5.97 Å². The number of benzene rings is 1. The van der Waals surface area contributed by atoms with Gasteiger partial charge in [0.05, 0.1) is 5.92 Å². The van der Waals surface area contributed by atoms with Crippen LogP contribution >= 0.6 is 0 Å². The van der Waals surface area contributed by atoms with Crippen LogP contribution < -0.4 is 0 Å². The summed E-state index contributed by atoms with van der Waals surface area (Å²) in [6, 6.07) is 6.06. The average Bonchev–Trinajstić information content (AvgIpc) is 2.25. The Balaban J connectivity index is 2.63. The van der Waals surface area contributed by atoms with E-state index in [1.807, 2.05) is 0 Å². The van der Waals surface area contributed by atoms with Crippen LogP contribution in [0.1, 0.15) is 39.2 Å². The maximum absolute atomic E-state index is 12.8. The maximum Gasteiger partial charge on any atom is 0.306 e. The molecule has 1 aromatic rings. The molecular formula is C15H21FO2. The number of aliphatic carboxylic acids is 1. The molecule has 0 amide bonds. The summed E-state index contributed by atoms with van der Waals surface area (Å²) in [4.78, 5) is 11.2. The van der Waals surface area contributed by atoms with Crippen molar-refractivity contribution in [2.75, 3.05) is 0 Å². The summed E-state index contributed by atoms with van der Waals surface area (Å²) in [5, 5.41) is 9.21. The number of halogens is 1. The molecule has 100 valence electrons. The highest BCUT2D eigenvalue weighted by Gasteiger charge is 2.21. The van der Waals surface area contributed by atoms with Gasteiger partial charge in [0, 0.05) is 0 Å². The van der Waals surface area contributed by atoms with E-state index in [1.54, 1.807) is 12.1 Å². The van der Waals surface area contributed by atoms with Gasteiger partial charge in [0.15, 0.2) is 0 Å². The smallest absolute Gasteiger partial charge is 0.306 e. The SMILES string of the molecule is CC(C)(C)CCC(Cc1ccc(F)cc1)C(=O)O. The van der Waals surface area contributed by atoms with Gasteiger partial charge in [-0.25, -0.2) is 4.39 Å². The zero-order chi connectivity index (χ0) is 13.8. The molecule has 1 N–H and O–H groups in total. The Bertz CT molecular complexity index is 390. The van der Waals surface area contributed by atoms with Crippen LogP contribution in [-0.4, -0.2) is 11.1 Å². The van der Waals surface area contributed by atoms with E-state index in [9.17, 15) is 14.3 Å². The van der Waals surface area contributed by atoms with Crippen molar-refractivity contribution >= 4 is 5.97 Å². The molecule has 0 aromatic heterocycles. The van der Waals surface area contributed by atoms with Crippen molar-refractivity contribution in [3.05, 3.63) is 35.6 Å². The van der Waals surface area contributed by atoms with Gasteiger partial charge in [0.1, 0.15) is 5.82 Å². The zero-order valence-corrected chi connectivity index (χ0v) is 11.2. The molecule has 0 radical (unpaired) electrons. The third-order valence-electron chi connectivity index (χ3n) is 2.99. The van der Waals surface area contributed by atoms with Gasteiger partial charge in [-0.15, -0.1) is 0 Å². The molecule has 2 nitrogen and oxygen atoms in total. The van der Waals surface area contributed by atoms with E-state index in [0.717, 1.165) is 12.0 Å². The third kappa shape index (κ3) is 5.30. The molecule has 1 aromatic carbocycles. The van der Waals surface area contributed by atoms with Gasteiger partial charge < -0.3 is 5.11 Å². The molecule has 0 aliphatic carbocycles. The summed E-state index contributed by atoms with van der Waals surface area (Å²) in [7, 11) is 0. The summed E-state index contributed by atoms with van der Waals surface area (Å²) >= 11 is 0. The van der Waals surface area contributed by atoms with Crippen molar-refractivity contribution in [2.24, 2.45) is 11.3 Å². The van der Waals surface area contributed by atoms with Gasteiger partial charge in [0.2, 0.25) is 0 Å². The Morgan fingerprint density at radius 2 is 1.83 bits per heavy atom. The number of carboxylic acids is 1. The molecule has 1 atom stereocenters. The highest BCUT2D eigenvalue weighted by atomic mass is 19.1. The van der Waals surface area contributed by atoms with Gasteiger partial charge in [-0.05, 0) is 42.4 Å². The first-order valence-electron chi connectivity index (χ1n) is 6.25. The summed E-state index contributed by atoms with van der Waals surface area (Å²) in [6.45, 7) is 6.30. The van der Waals surface area contributed by atoms with Crippen LogP contribution in [0, 0.1) is 17.2 Å². The van der Waals surface area contributed by atoms with Crippen LogP contribution in [-0.2, 0) is 11.2 Å². The first-order chi connectivity index (χ1) is 8.28. The Labute approximate surface area is 108 Å². The molecule has 0 fully saturated rings. The van der Waals surface area contributed by atoms with E-state index in [0.29, 0.717) is 12.8 Å². The molecule has 18 heavy (non-hydrogen) atoms. The maximum atomic E-state index is 12.8. The van der Waals surface area contributed by atoms with Crippen molar-refractivity contribution in [3.8, 4) is 0 Å². The van der Waals surface area contributed by atoms with Gasteiger partial charge in [0.25, 0.3) is 0 Å². The first-order valence-corrected chi connectivity index (χ1v) is 6.25. The highest BCUT2D eigenvalue weighted by Crippen LogP contribution is 2.25. The van der Waals surface area contributed by atoms with Gasteiger partial charge in [-0.2, -0.15) is 0 Å². The quantitative estimate of drug-likeness (QED) is 0.863. The predicted molar refractivity (Wildman–Crippen MR) is 69.9 cm³/mol. The molecule has 0 aliphatic heterocycles. The molecule has 0 aliphatic rings. The molecule has 1 rings (SSSR count). The van der Waals surface area contributed by atoms with E-state index in [-0.39, 0.29) is 11.2 Å². The lowest BCUT2D eigenvalue weighted by Crippen LogP contribution is -2.19. The largest absolute Gasteiger partial charge is 0.481 e. The lowest BCUT2D eigenvalue weighted by molar-refractivity contribution is -0.142. The first kappa shape index (κ1) is 14.7. The second-order valence-corrected chi connectivity index (χ2v) is 5.97. The van der Waals surface area contributed by atoms with Crippen LogP contribution in [0.15, 0.2) is 24.3 Å². The van der Waals surface area contributed by atoms with E-state index < -0.39 is 11.9 Å². The minimum Gasteiger partial charge on any atom is -0.481 e. The fourth-order valence-electron chi connectivity index (χ4n) is 1.83. The zero-order valence-electron chi connectivity index (χ0n) is 11.2. The average molecular weight is 252 g/mol. The van der Waals surface area contributed by atoms with E-state index >= 15 is 0 Å². The molecule has 1 unspecified atom stereocenters. The fraction of sp³-hybridized carbons (Fsp3) is 0.533. The van der Waals surface area contributed by atoms with Crippen LogP contribution in [0.25, 0.3) is 0 Å². The molecule has 3 heteroatoms. The molecule has 0 heterocycles. The lowest BCUT2D eigenvalue weighted by Gasteiger charge is -2.21. The number of hydrogen-bond donors (Lipinski definition) is 1. The van der Waals surface area contributed by atoms with Crippen molar-refractivity contribution in [2.45, 2.75) is 40.0 Å². The predicted octanol–water partition coefficient (Wildman–Crippen LogP) is 3.90. The van der Waals surface area contributed by atoms with Crippen molar-refractivity contribution in [1.29, 1.82) is 0 Å². The Morgan fingerprint density at radius 1 is 1.28 bits per heavy atom. The molecule has 0 bridgehead atoms. The van der Waals surface area contributed by atoms with Crippen molar-refractivity contribution in [3.63, 3.8) is 0 Å². The Morgan fingerprint density at radius 3 is 2.28 bits per heavy atom. The van der Waals surface area contributed by atoms with Crippen LogP contribution in [0.3, 0.4) is 0 Å². The third-order valence-corrected chi connectivity index (χ3v) is 2.99. The summed E-state index contributed by atoms with van der Waals surface area (Å²) < 4.78 is 12.8. The van der Waals surface area contributed by atoms with E-state index in [1.165, 1.54) is 12.1 Å². The second kappa shape index (κ2) is 5.98. The summed E-state index contributed by atoms with van der Waals surface area (Å²) in [5.74, 6) is -1.46. The molecule has 0 spiro atoms. The van der Waals surface area contributed by atoms with Crippen molar-refractivity contribution < 1.29 is 14.3 Å². The van der Waals surface area contributed by atoms with Crippen LogP contribution in [0.2, 0.25) is 0 Å².